The van der Waals surface area contributed by atoms with Crippen molar-refractivity contribution < 1.29 is 9.53 Å². The molecule has 1 aliphatic rings. The summed E-state index contributed by atoms with van der Waals surface area (Å²) in [5.41, 5.74) is 9.34. The highest BCUT2D eigenvalue weighted by molar-refractivity contribution is 6.30. The van der Waals surface area contributed by atoms with Gasteiger partial charge in [0.2, 0.25) is 5.91 Å². The van der Waals surface area contributed by atoms with E-state index < -0.39 is 0 Å². The number of hydrogen-bond acceptors (Lipinski definition) is 3. The van der Waals surface area contributed by atoms with E-state index in [1.165, 1.54) is 0 Å². The first-order chi connectivity index (χ1) is 10.0. The van der Waals surface area contributed by atoms with Crippen LogP contribution in [0.5, 0.6) is 11.5 Å². The third-order valence-corrected chi connectivity index (χ3v) is 3.74. The molecule has 108 valence electrons. The molecule has 0 saturated carbocycles. The second-order valence-electron chi connectivity index (χ2n) is 5.11. The Labute approximate surface area is 127 Å². The predicted molar refractivity (Wildman–Crippen MR) is 84.1 cm³/mol. The number of benzene rings is 2. The molecule has 0 aromatic heterocycles. The van der Waals surface area contributed by atoms with E-state index in [0.29, 0.717) is 35.1 Å². The molecule has 0 unspecified atom stereocenters. The molecule has 0 aliphatic carbocycles. The van der Waals surface area contributed by atoms with Crippen molar-refractivity contribution in [3.8, 4) is 11.5 Å². The Kier molecular flexibility index (Phi) is 3.47. The number of nitrogens with two attached hydrogens (primary N) is 1. The molecule has 2 aromatic rings. The van der Waals surface area contributed by atoms with Crippen molar-refractivity contribution >= 4 is 28.9 Å². The van der Waals surface area contributed by atoms with E-state index >= 15 is 0 Å². The summed E-state index contributed by atoms with van der Waals surface area (Å²) in [6, 6.07) is 9.05. The number of rotatable bonds is 2. The van der Waals surface area contributed by atoms with Gasteiger partial charge in [0.1, 0.15) is 5.75 Å². The van der Waals surface area contributed by atoms with E-state index in [9.17, 15) is 4.79 Å². The summed E-state index contributed by atoms with van der Waals surface area (Å²) < 4.78 is 5.86. The summed E-state index contributed by atoms with van der Waals surface area (Å²) in [5.74, 6) is 1.18. The molecule has 0 radical (unpaired) electrons. The molecule has 1 heterocycles. The summed E-state index contributed by atoms with van der Waals surface area (Å²) in [5, 5.41) is 3.44. The number of nitrogens with one attached hydrogen (secondary N) is 1. The smallest absolute Gasteiger partial charge is 0.224 e. The van der Waals surface area contributed by atoms with Gasteiger partial charge < -0.3 is 15.8 Å². The van der Waals surface area contributed by atoms with Crippen molar-refractivity contribution in [3.63, 3.8) is 0 Å². The SMILES string of the molecule is Cc1ccc(Cl)cc1Oc1cc2c(cc1N)CCC(=O)N2. The minimum absolute atomic E-state index is 0.0113. The lowest BCUT2D eigenvalue weighted by atomic mass is 10.0. The molecule has 0 fully saturated rings. The maximum Gasteiger partial charge on any atom is 0.224 e. The van der Waals surface area contributed by atoms with Crippen molar-refractivity contribution in [1.82, 2.24) is 0 Å². The van der Waals surface area contributed by atoms with Crippen molar-refractivity contribution in [2.24, 2.45) is 0 Å². The summed E-state index contributed by atoms with van der Waals surface area (Å²) in [4.78, 5) is 11.5. The average molecular weight is 303 g/mol. The van der Waals surface area contributed by atoms with Crippen LogP contribution in [-0.2, 0) is 11.2 Å². The van der Waals surface area contributed by atoms with Crippen molar-refractivity contribution in [1.29, 1.82) is 0 Å². The fourth-order valence-corrected chi connectivity index (χ4v) is 2.48. The molecule has 4 nitrogen and oxygen atoms in total. The molecule has 1 amide bonds. The molecule has 1 aliphatic heterocycles. The van der Waals surface area contributed by atoms with Gasteiger partial charge in [-0.05, 0) is 42.7 Å². The van der Waals surface area contributed by atoms with Gasteiger partial charge in [0.15, 0.2) is 5.75 Å². The summed E-state index contributed by atoms with van der Waals surface area (Å²) >= 11 is 5.99. The summed E-state index contributed by atoms with van der Waals surface area (Å²) in [6.45, 7) is 1.93. The fraction of sp³-hybridized carbons (Fsp3) is 0.188. The molecule has 21 heavy (non-hydrogen) atoms. The van der Waals surface area contributed by atoms with Crippen LogP contribution in [0.15, 0.2) is 30.3 Å². The van der Waals surface area contributed by atoms with Crippen LogP contribution in [-0.4, -0.2) is 5.91 Å². The molecule has 5 heteroatoms. The Hall–Kier alpha value is -2.20. The van der Waals surface area contributed by atoms with Gasteiger partial charge >= 0.3 is 0 Å². The highest BCUT2D eigenvalue weighted by Crippen LogP contribution is 2.36. The van der Waals surface area contributed by atoms with E-state index in [0.717, 1.165) is 16.8 Å². The number of fused-ring (bicyclic) bond motifs is 1. The average Bonchev–Trinajstić information content (AvgIpc) is 2.44. The second kappa shape index (κ2) is 5.30. The zero-order valence-electron chi connectivity index (χ0n) is 11.6. The lowest BCUT2D eigenvalue weighted by Crippen LogP contribution is -2.19. The largest absolute Gasteiger partial charge is 0.455 e. The third-order valence-electron chi connectivity index (χ3n) is 3.50. The minimum Gasteiger partial charge on any atom is -0.455 e. The number of halogens is 1. The highest BCUT2D eigenvalue weighted by Gasteiger charge is 2.17. The number of ether oxygens (including phenoxy) is 1. The van der Waals surface area contributed by atoms with Gasteiger partial charge in [-0.1, -0.05) is 17.7 Å². The third kappa shape index (κ3) is 2.81. The van der Waals surface area contributed by atoms with Crippen LogP contribution in [0.4, 0.5) is 11.4 Å². The number of anilines is 2. The molecule has 0 bridgehead atoms. The molecular weight excluding hydrogens is 288 g/mol. The lowest BCUT2D eigenvalue weighted by molar-refractivity contribution is -0.116. The number of carbonyl (C=O) groups excluding carboxylic acids is 1. The topological polar surface area (TPSA) is 64.3 Å². The van der Waals surface area contributed by atoms with Crippen LogP contribution in [0.1, 0.15) is 17.5 Å². The quantitative estimate of drug-likeness (QED) is 0.827. The van der Waals surface area contributed by atoms with Crippen molar-refractivity contribution in [3.05, 3.63) is 46.5 Å². The van der Waals surface area contributed by atoms with Crippen LogP contribution < -0.4 is 15.8 Å². The number of amides is 1. The van der Waals surface area contributed by atoms with Crippen molar-refractivity contribution in [2.45, 2.75) is 19.8 Å². The van der Waals surface area contributed by atoms with Gasteiger partial charge in [0.25, 0.3) is 0 Å². The van der Waals surface area contributed by atoms with Crippen LogP contribution in [0.3, 0.4) is 0 Å². The molecule has 3 rings (SSSR count). The monoisotopic (exact) mass is 302 g/mol. The van der Waals surface area contributed by atoms with Gasteiger partial charge in [0, 0.05) is 23.2 Å². The lowest BCUT2D eigenvalue weighted by Gasteiger charge is -2.19. The fourth-order valence-electron chi connectivity index (χ4n) is 2.32. The molecule has 2 aromatic carbocycles. The first kappa shape index (κ1) is 13.8. The normalized spacial score (nSPS) is 13.5. The Bertz CT molecular complexity index is 728. The Balaban J connectivity index is 1.97. The van der Waals surface area contributed by atoms with Gasteiger partial charge in [-0.15, -0.1) is 0 Å². The summed E-state index contributed by atoms with van der Waals surface area (Å²) in [6.07, 6.45) is 1.18. The second-order valence-corrected chi connectivity index (χ2v) is 5.54. The first-order valence-corrected chi connectivity index (χ1v) is 7.07. The van der Waals surface area contributed by atoms with Gasteiger partial charge in [-0.2, -0.15) is 0 Å². The number of nitrogen functional groups attached to an aromatic ring is 1. The van der Waals surface area contributed by atoms with E-state index in [1.54, 1.807) is 18.2 Å². The van der Waals surface area contributed by atoms with E-state index in [4.69, 9.17) is 22.1 Å². The predicted octanol–water partition coefficient (Wildman–Crippen LogP) is 3.91. The number of hydrogen-bond donors (Lipinski definition) is 2. The summed E-state index contributed by atoms with van der Waals surface area (Å²) in [7, 11) is 0. The molecule has 0 saturated heterocycles. The minimum atomic E-state index is 0.0113. The maximum atomic E-state index is 11.5. The zero-order valence-corrected chi connectivity index (χ0v) is 12.3. The van der Waals surface area contributed by atoms with Gasteiger partial charge in [-0.25, -0.2) is 0 Å². The van der Waals surface area contributed by atoms with E-state index in [-0.39, 0.29) is 5.91 Å². The van der Waals surface area contributed by atoms with E-state index in [1.807, 2.05) is 19.1 Å². The molecule has 0 atom stereocenters. The number of carbonyl (C=O) groups is 1. The molecule has 0 spiro atoms. The molecule has 3 N–H and O–H groups in total. The highest BCUT2D eigenvalue weighted by atomic mass is 35.5. The van der Waals surface area contributed by atoms with Crippen molar-refractivity contribution in [2.75, 3.05) is 11.1 Å². The Morgan fingerprint density at radius 2 is 2.00 bits per heavy atom. The van der Waals surface area contributed by atoms with Crippen LogP contribution in [0, 0.1) is 6.92 Å². The van der Waals surface area contributed by atoms with Gasteiger partial charge in [0.05, 0.1) is 5.69 Å². The Morgan fingerprint density at radius 3 is 2.81 bits per heavy atom. The Morgan fingerprint density at radius 1 is 1.19 bits per heavy atom. The molecular formula is C16H15ClN2O2. The van der Waals surface area contributed by atoms with Crippen LogP contribution in [0.2, 0.25) is 5.02 Å². The van der Waals surface area contributed by atoms with Crippen LogP contribution in [0.25, 0.3) is 0 Å². The standard InChI is InChI=1S/C16H15ClN2O2/c1-9-2-4-11(17)7-14(9)21-15-8-13-10(6-12(15)18)3-5-16(20)19-13/h2,4,6-8H,3,5,18H2,1H3,(H,19,20). The van der Waals surface area contributed by atoms with Crippen LogP contribution >= 0.6 is 11.6 Å². The van der Waals surface area contributed by atoms with E-state index in [2.05, 4.69) is 5.32 Å². The first-order valence-electron chi connectivity index (χ1n) is 6.69. The van der Waals surface area contributed by atoms with Gasteiger partial charge in [-0.3, -0.25) is 4.79 Å². The maximum absolute atomic E-state index is 11.5. The zero-order chi connectivity index (χ0) is 15.0. The number of aryl methyl sites for hydroxylation is 2.